The second kappa shape index (κ2) is 8.16. The summed E-state index contributed by atoms with van der Waals surface area (Å²) in [6, 6.07) is 4.51. The van der Waals surface area contributed by atoms with E-state index in [4.69, 9.17) is 4.74 Å². The summed E-state index contributed by atoms with van der Waals surface area (Å²) < 4.78 is 32.6. The first-order chi connectivity index (χ1) is 11.8. The van der Waals surface area contributed by atoms with Crippen molar-refractivity contribution in [1.82, 2.24) is 9.21 Å². The minimum absolute atomic E-state index is 0.0147. The van der Waals surface area contributed by atoms with Crippen molar-refractivity contribution >= 4 is 21.6 Å². The Morgan fingerprint density at radius 2 is 2.00 bits per heavy atom. The molecule has 1 saturated heterocycles. The van der Waals surface area contributed by atoms with Gasteiger partial charge in [0.25, 0.3) is 0 Å². The van der Waals surface area contributed by atoms with Crippen LogP contribution in [0.2, 0.25) is 0 Å². The SMILES string of the molecule is CCN1CCC(N(C)S(=O)(=O)c2ccc(OC)c(NC(C)=O)c2)CC1. The maximum absolute atomic E-state index is 13.0. The third-order valence-electron chi connectivity index (χ3n) is 4.68. The molecule has 7 nitrogen and oxygen atoms in total. The number of anilines is 1. The molecule has 1 fully saturated rings. The van der Waals surface area contributed by atoms with Gasteiger partial charge in [-0.2, -0.15) is 4.31 Å². The number of sulfonamides is 1. The van der Waals surface area contributed by atoms with Crippen LogP contribution in [0.5, 0.6) is 5.75 Å². The highest BCUT2D eigenvalue weighted by Crippen LogP contribution is 2.30. The molecule has 0 aromatic heterocycles. The maximum atomic E-state index is 13.0. The van der Waals surface area contributed by atoms with Crippen molar-refractivity contribution in [3.63, 3.8) is 0 Å². The first kappa shape index (κ1) is 19.7. The van der Waals surface area contributed by atoms with Crippen LogP contribution in [0.3, 0.4) is 0 Å². The van der Waals surface area contributed by atoms with Crippen molar-refractivity contribution in [3.05, 3.63) is 18.2 Å². The van der Waals surface area contributed by atoms with Gasteiger partial charge in [0, 0.05) is 20.0 Å². The van der Waals surface area contributed by atoms with Crippen molar-refractivity contribution in [3.8, 4) is 5.75 Å². The number of carbonyl (C=O) groups excluding carboxylic acids is 1. The van der Waals surface area contributed by atoms with E-state index in [-0.39, 0.29) is 16.8 Å². The van der Waals surface area contributed by atoms with Crippen LogP contribution in [-0.4, -0.2) is 63.4 Å². The number of ether oxygens (including phenoxy) is 1. The highest BCUT2D eigenvalue weighted by molar-refractivity contribution is 7.89. The van der Waals surface area contributed by atoms with Gasteiger partial charge in [0.1, 0.15) is 5.75 Å². The third kappa shape index (κ3) is 4.50. The molecule has 1 heterocycles. The predicted molar refractivity (Wildman–Crippen MR) is 97.4 cm³/mol. The lowest BCUT2D eigenvalue weighted by Gasteiger charge is -2.35. The van der Waals surface area contributed by atoms with E-state index >= 15 is 0 Å². The summed E-state index contributed by atoms with van der Waals surface area (Å²) in [4.78, 5) is 13.8. The van der Waals surface area contributed by atoms with Crippen LogP contribution in [0.25, 0.3) is 0 Å². The highest BCUT2D eigenvalue weighted by atomic mass is 32.2. The summed E-state index contributed by atoms with van der Waals surface area (Å²) in [6.07, 6.45) is 1.64. The van der Waals surface area contributed by atoms with Crippen molar-refractivity contribution in [2.24, 2.45) is 0 Å². The number of hydrogen-bond donors (Lipinski definition) is 1. The zero-order chi connectivity index (χ0) is 18.6. The fourth-order valence-corrected chi connectivity index (χ4v) is 4.54. The Labute approximate surface area is 150 Å². The molecule has 1 N–H and O–H groups in total. The number of amides is 1. The molecule has 1 aliphatic heterocycles. The zero-order valence-corrected chi connectivity index (χ0v) is 16.1. The zero-order valence-electron chi connectivity index (χ0n) is 15.3. The Hall–Kier alpha value is -1.64. The molecule has 0 radical (unpaired) electrons. The van der Waals surface area contributed by atoms with E-state index in [0.29, 0.717) is 11.4 Å². The number of hydrogen-bond acceptors (Lipinski definition) is 5. The molecule has 1 aliphatic rings. The van der Waals surface area contributed by atoms with Gasteiger partial charge in [0.2, 0.25) is 15.9 Å². The number of nitrogens with one attached hydrogen (secondary N) is 1. The number of benzene rings is 1. The fraction of sp³-hybridized carbons (Fsp3) is 0.588. The van der Waals surface area contributed by atoms with Gasteiger partial charge in [0.05, 0.1) is 17.7 Å². The summed E-state index contributed by atoms with van der Waals surface area (Å²) in [5.74, 6) is 0.140. The topological polar surface area (TPSA) is 79.0 Å². The average Bonchev–Trinajstić information content (AvgIpc) is 2.60. The van der Waals surface area contributed by atoms with Gasteiger partial charge in [-0.3, -0.25) is 4.79 Å². The standard InChI is InChI=1S/C17H27N3O4S/c1-5-20-10-8-14(9-11-20)19(3)25(22,23)15-6-7-17(24-4)16(12-15)18-13(2)21/h6-7,12,14H,5,8-11H2,1-4H3,(H,18,21). The van der Waals surface area contributed by atoms with E-state index in [1.165, 1.54) is 30.5 Å². The number of methoxy groups -OCH3 is 1. The Balaban J connectivity index is 2.25. The number of likely N-dealkylation sites (tertiary alicyclic amines) is 1. The van der Waals surface area contributed by atoms with E-state index in [1.807, 2.05) is 0 Å². The van der Waals surface area contributed by atoms with E-state index in [1.54, 1.807) is 13.1 Å². The minimum atomic E-state index is -3.64. The summed E-state index contributed by atoms with van der Waals surface area (Å²) in [7, 11) is -0.535. The van der Waals surface area contributed by atoms with E-state index in [2.05, 4.69) is 17.1 Å². The van der Waals surface area contributed by atoms with Crippen LogP contribution in [0.4, 0.5) is 5.69 Å². The summed E-state index contributed by atoms with van der Waals surface area (Å²) >= 11 is 0. The monoisotopic (exact) mass is 369 g/mol. The minimum Gasteiger partial charge on any atom is -0.495 e. The van der Waals surface area contributed by atoms with Crippen molar-refractivity contribution < 1.29 is 17.9 Å². The van der Waals surface area contributed by atoms with Gasteiger partial charge in [-0.15, -0.1) is 0 Å². The van der Waals surface area contributed by atoms with Crippen LogP contribution in [0.15, 0.2) is 23.1 Å². The van der Waals surface area contributed by atoms with Crippen molar-refractivity contribution in [2.45, 2.75) is 37.6 Å². The molecular formula is C17H27N3O4S. The summed E-state index contributed by atoms with van der Waals surface area (Å²) in [6.45, 7) is 6.28. The molecule has 0 spiro atoms. The molecule has 1 aromatic carbocycles. The fourth-order valence-electron chi connectivity index (χ4n) is 3.10. The van der Waals surface area contributed by atoms with Gasteiger partial charge in [-0.25, -0.2) is 8.42 Å². The average molecular weight is 369 g/mol. The second-order valence-electron chi connectivity index (χ2n) is 6.23. The molecule has 0 aliphatic carbocycles. The lowest BCUT2D eigenvalue weighted by Crippen LogP contribution is -2.45. The van der Waals surface area contributed by atoms with Gasteiger partial charge in [-0.1, -0.05) is 6.92 Å². The molecule has 0 atom stereocenters. The smallest absolute Gasteiger partial charge is 0.243 e. The molecule has 0 saturated carbocycles. The molecule has 1 aromatic rings. The molecule has 2 rings (SSSR count). The number of carbonyl (C=O) groups is 1. The first-order valence-electron chi connectivity index (χ1n) is 8.45. The first-order valence-corrected chi connectivity index (χ1v) is 9.89. The van der Waals surface area contributed by atoms with E-state index in [0.717, 1.165) is 32.5 Å². The van der Waals surface area contributed by atoms with Crippen molar-refractivity contribution in [2.75, 3.05) is 39.1 Å². The van der Waals surface area contributed by atoms with E-state index < -0.39 is 10.0 Å². The van der Waals surface area contributed by atoms with Gasteiger partial charge >= 0.3 is 0 Å². The Morgan fingerprint density at radius 3 is 2.52 bits per heavy atom. The predicted octanol–water partition coefficient (Wildman–Crippen LogP) is 1.76. The van der Waals surface area contributed by atoms with Crippen LogP contribution in [0.1, 0.15) is 26.7 Å². The van der Waals surface area contributed by atoms with Gasteiger partial charge < -0.3 is 15.0 Å². The normalized spacial score (nSPS) is 16.8. The number of nitrogens with zero attached hydrogens (tertiary/aromatic N) is 2. The summed E-state index contributed by atoms with van der Waals surface area (Å²) in [5, 5.41) is 2.62. The number of piperidine rings is 1. The maximum Gasteiger partial charge on any atom is 0.243 e. The number of rotatable bonds is 6. The second-order valence-corrected chi connectivity index (χ2v) is 8.23. The quantitative estimate of drug-likeness (QED) is 0.827. The van der Waals surface area contributed by atoms with Crippen LogP contribution in [0, 0.1) is 0 Å². The van der Waals surface area contributed by atoms with Crippen LogP contribution in [-0.2, 0) is 14.8 Å². The largest absolute Gasteiger partial charge is 0.495 e. The van der Waals surface area contributed by atoms with Gasteiger partial charge in [0.15, 0.2) is 0 Å². The molecule has 0 unspecified atom stereocenters. The Kier molecular flexibility index (Phi) is 6.42. The molecule has 8 heteroatoms. The lowest BCUT2D eigenvalue weighted by molar-refractivity contribution is -0.114. The summed E-state index contributed by atoms with van der Waals surface area (Å²) in [5.41, 5.74) is 0.352. The molecule has 140 valence electrons. The molecule has 0 bridgehead atoms. The lowest BCUT2D eigenvalue weighted by atomic mass is 10.1. The van der Waals surface area contributed by atoms with Crippen molar-refractivity contribution in [1.29, 1.82) is 0 Å². The highest BCUT2D eigenvalue weighted by Gasteiger charge is 2.31. The Bertz CT molecular complexity index is 713. The Morgan fingerprint density at radius 1 is 1.36 bits per heavy atom. The molecule has 1 amide bonds. The van der Waals surface area contributed by atoms with Crippen LogP contribution < -0.4 is 10.1 Å². The molecule has 25 heavy (non-hydrogen) atoms. The van der Waals surface area contributed by atoms with Crippen LogP contribution >= 0.6 is 0 Å². The van der Waals surface area contributed by atoms with Gasteiger partial charge in [-0.05, 0) is 50.7 Å². The third-order valence-corrected chi connectivity index (χ3v) is 6.58. The molecular weight excluding hydrogens is 342 g/mol. The van der Waals surface area contributed by atoms with E-state index in [9.17, 15) is 13.2 Å².